The molecule has 16 heavy (non-hydrogen) atoms. The molecular weight excluding hydrogens is 219 g/mol. The molecule has 2 nitrogen and oxygen atoms in total. The summed E-state index contributed by atoms with van der Waals surface area (Å²) in [7, 11) is 1.34. The van der Waals surface area contributed by atoms with Crippen molar-refractivity contribution in [1.29, 1.82) is 0 Å². The quantitative estimate of drug-likeness (QED) is 0.862. The van der Waals surface area contributed by atoms with Gasteiger partial charge in [0.1, 0.15) is 5.75 Å². The molecule has 0 saturated heterocycles. The molecule has 1 rings (SSSR count). The summed E-state index contributed by atoms with van der Waals surface area (Å²) in [4.78, 5) is 0. The molecule has 0 aliphatic rings. The Morgan fingerprint density at radius 3 is 2.31 bits per heavy atom. The van der Waals surface area contributed by atoms with Gasteiger partial charge >= 0.3 is 6.18 Å². The van der Waals surface area contributed by atoms with Crippen molar-refractivity contribution in [2.24, 2.45) is 0 Å². The molecule has 0 aromatic heterocycles. The second-order valence-corrected chi connectivity index (χ2v) is 3.71. The first kappa shape index (κ1) is 12.7. The largest absolute Gasteiger partial charge is 0.497 e. The second-order valence-electron chi connectivity index (χ2n) is 3.71. The summed E-state index contributed by atoms with van der Waals surface area (Å²) in [6, 6.07) is 3.81. The molecule has 0 spiro atoms. The lowest BCUT2D eigenvalue weighted by Crippen LogP contribution is -2.15. The number of hydrogen-bond acceptors (Lipinski definition) is 2. The predicted molar refractivity (Wildman–Crippen MR) is 56.8 cm³/mol. The normalized spacial score (nSPS) is 11.7. The monoisotopic (exact) mass is 233 g/mol. The Labute approximate surface area is 92.4 Å². The molecule has 0 fully saturated rings. The molecule has 0 saturated carbocycles. The minimum absolute atomic E-state index is 0.0607. The highest BCUT2D eigenvalue weighted by Gasteiger charge is 2.34. The Kier molecular flexibility index (Phi) is 3.67. The van der Waals surface area contributed by atoms with E-state index in [4.69, 9.17) is 4.74 Å². The summed E-state index contributed by atoms with van der Waals surface area (Å²) in [6.45, 7) is 3.56. The second kappa shape index (κ2) is 4.63. The van der Waals surface area contributed by atoms with Crippen molar-refractivity contribution < 1.29 is 17.9 Å². The van der Waals surface area contributed by atoms with Crippen molar-refractivity contribution in [1.82, 2.24) is 0 Å². The molecule has 0 heterocycles. The first-order chi connectivity index (χ1) is 7.34. The standard InChI is InChI=1S/C11H14F3NO/c1-7(2)15-10-5-4-8(16-3)6-9(10)11(12,13)14/h4-7,15H,1-3H3. The third kappa shape index (κ3) is 3.05. The molecular formula is C11H14F3NO. The summed E-state index contributed by atoms with van der Waals surface area (Å²) in [5, 5.41) is 2.76. The molecule has 0 atom stereocenters. The van der Waals surface area contributed by atoms with Crippen LogP contribution in [0.15, 0.2) is 18.2 Å². The van der Waals surface area contributed by atoms with Crippen molar-refractivity contribution in [3.8, 4) is 5.75 Å². The average molecular weight is 233 g/mol. The van der Waals surface area contributed by atoms with Gasteiger partial charge in [0.05, 0.1) is 12.7 Å². The van der Waals surface area contributed by atoms with Crippen molar-refractivity contribution in [3.63, 3.8) is 0 Å². The maximum absolute atomic E-state index is 12.7. The third-order valence-electron chi connectivity index (χ3n) is 1.98. The van der Waals surface area contributed by atoms with E-state index >= 15 is 0 Å². The topological polar surface area (TPSA) is 21.3 Å². The molecule has 5 heteroatoms. The minimum atomic E-state index is -4.38. The van der Waals surface area contributed by atoms with E-state index in [0.717, 1.165) is 6.07 Å². The first-order valence-electron chi connectivity index (χ1n) is 4.86. The fraction of sp³-hybridized carbons (Fsp3) is 0.455. The SMILES string of the molecule is COc1ccc(NC(C)C)c(C(F)(F)F)c1. The highest BCUT2D eigenvalue weighted by atomic mass is 19.4. The smallest absolute Gasteiger partial charge is 0.418 e. The molecule has 1 aromatic carbocycles. The van der Waals surface area contributed by atoms with E-state index in [1.54, 1.807) is 13.8 Å². The molecule has 0 unspecified atom stereocenters. The number of rotatable bonds is 3. The number of benzene rings is 1. The van der Waals surface area contributed by atoms with Crippen LogP contribution in [0.1, 0.15) is 19.4 Å². The fourth-order valence-corrected chi connectivity index (χ4v) is 1.32. The lowest BCUT2D eigenvalue weighted by Gasteiger charge is -2.17. The zero-order chi connectivity index (χ0) is 12.3. The van der Waals surface area contributed by atoms with Gasteiger partial charge in [0.15, 0.2) is 0 Å². The third-order valence-corrected chi connectivity index (χ3v) is 1.98. The van der Waals surface area contributed by atoms with E-state index in [-0.39, 0.29) is 17.5 Å². The van der Waals surface area contributed by atoms with Crippen molar-refractivity contribution in [2.75, 3.05) is 12.4 Å². The van der Waals surface area contributed by atoms with Crippen LogP contribution in [-0.2, 0) is 6.18 Å². The minimum Gasteiger partial charge on any atom is -0.497 e. The van der Waals surface area contributed by atoms with Gasteiger partial charge < -0.3 is 10.1 Å². The van der Waals surface area contributed by atoms with Crippen molar-refractivity contribution in [3.05, 3.63) is 23.8 Å². The Bertz CT molecular complexity index is 361. The number of methoxy groups -OCH3 is 1. The molecule has 0 aliphatic carbocycles. The maximum Gasteiger partial charge on any atom is 0.418 e. The van der Waals surface area contributed by atoms with Gasteiger partial charge in [-0.25, -0.2) is 0 Å². The summed E-state index contributed by atoms with van der Waals surface area (Å²) < 4.78 is 42.9. The molecule has 0 amide bonds. The van der Waals surface area contributed by atoms with E-state index in [0.29, 0.717) is 0 Å². The fourth-order valence-electron chi connectivity index (χ4n) is 1.32. The summed E-state index contributed by atoms with van der Waals surface area (Å²) in [5.41, 5.74) is -0.635. The van der Waals surface area contributed by atoms with Crippen LogP contribution in [0.5, 0.6) is 5.75 Å². The zero-order valence-corrected chi connectivity index (χ0v) is 9.35. The van der Waals surface area contributed by atoms with Crippen molar-refractivity contribution in [2.45, 2.75) is 26.1 Å². The summed E-state index contributed by atoms with van der Waals surface area (Å²) in [5.74, 6) is 0.196. The van der Waals surface area contributed by atoms with E-state index in [1.807, 2.05) is 0 Å². The molecule has 0 radical (unpaired) electrons. The van der Waals surface area contributed by atoms with Crippen LogP contribution < -0.4 is 10.1 Å². The van der Waals surface area contributed by atoms with Gasteiger partial charge in [-0.15, -0.1) is 0 Å². The van der Waals surface area contributed by atoms with Crippen LogP contribution in [0.4, 0.5) is 18.9 Å². The predicted octanol–water partition coefficient (Wildman–Crippen LogP) is 3.53. The molecule has 1 aromatic rings. The van der Waals surface area contributed by atoms with Gasteiger partial charge in [-0.1, -0.05) is 0 Å². The van der Waals surface area contributed by atoms with E-state index in [9.17, 15) is 13.2 Å². The Balaban J connectivity index is 3.17. The Morgan fingerprint density at radius 1 is 1.25 bits per heavy atom. The van der Waals surface area contributed by atoms with E-state index in [1.165, 1.54) is 19.2 Å². The number of hydrogen-bond donors (Lipinski definition) is 1. The van der Waals surface area contributed by atoms with Gasteiger partial charge in [-0.3, -0.25) is 0 Å². The number of ether oxygens (including phenoxy) is 1. The number of nitrogens with one attached hydrogen (secondary N) is 1. The Hall–Kier alpha value is -1.39. The molecule has 0 bridgehead atoms. The van der Waals surface area contributed by atoms with Crippen LogP contribution in [-0.4, -0.2) is 13.2 Å². The van der Waals surface area contributed by atoms with Gasteiger partial charge in [0.25, 0.3) is 0 Å². The highest BCUT2D eigenvalue weighted by molar-refractivity contribution is 5.56. The van der Waals surface area contributed by atoms with Crippen LogP contribution in [0.3, 0.4) is 0 Å². The van der Waals surface area contributed by atoms with Crippen LogP contribution in [0.2, 0.25) is 0 Å². The molecule has 1 N–H and O–H groups in total. The number of anilines is 1. The van der Waals surface area contributed by atoms with Gasteiger partial charge in [0, 0.05) is 11.7 Å². The first-order valence-corrected chi connectivity index (χ1v) is 4.86. The van der Waals surface area contributed by atoms with Crippen LogP contribution in [0, 0.1) is 0 Å². The molecule has 90 valence electrons. The summed E-state index contributed by atoms with van der Waals surface area (Å²) in [6.07, 6.45) is -4.38. The van der Waals surface area contributed by atoms with E-state index < -0.39 is 11.7 Å². The van der Waals surface area contributed by atoms with Crippen LogP contribution >= 0.6 is 0 Å². The highest BCUT2D eigenvalue weighted by Crippen LogP contribution is 2.37. The van der Waals surface area contributed by atoms with E-state index in [2.05, 4.69) is 5.32 Å². The summed E-state index contributed by atoms with van der Waals surface area (Å²) >= 11 is 0. The van der Waals surface area contributed by atoms with Gasteiger partial charge in [0.2, 0.25) is 0 Å². The lowest BCUT2D eigenvalue weighted by atomic mass is 10.1. The average Bonchev–Trinajstić information content (AvgIpc) is 2.15. The molecule has 0 aliphatic heterocycles. The number of alkyl halides is 3. The number of halogens is 3. The zero-order valence-electron chi connectivity index (χ0n) is 9.35. The lowest BCUT2D eigenvalue weighted by molar-refractivity contribution is -0.137. The Morgan fingerprint density at radius 2 is 1.88 bits per heavy atom. The van der Waals surface area contributed by atoms with Gasteiger partial charge in [-0.2, -0.15) is 13.2 Å². The van der Waals surface area contributed by atoms with Crippen LogP contribution in [0.25, 0.3) is 0 Å². The maximum atomic E-state index is 12.7. The van der Waals surface area contributed by atoms with Crippen molar-refractivity contribution >= 4 is 5.69 Å². The van der Waals surface area contributed by atoms with Gasteiger partial charge in [-0.05, 0) is 32.0 Å².